The van der Waals surface area contributed by atoms with Crippen molar-refractivity contribution in [3.8, 4) is 15.7 Å². The third-order valence-corrected chi connectivity index (χ3v) is 5.58. The molecule has 0 unspecified atom stereocenters. The Balaban J connectivity index is 1.95. The Labute approximate surface area is 147 Å². The molecule has 128 valence electrons. The summed E-state index contributed by atoms with van der Waals surface area (Å²) in [5.41, 5.74) is 0.250. The maximum absolute atomic E-state index is 13.9. The van der Waals surface area contributed by atoms with Crippen molar-refractivity contribution in [1.82, 2.24) is 14.8 Å². The fourth-order valence-corrected chi connectivity index (χ4v) is 4.24. The first-order chi connectivity index (χ1) is 11.8. The number of aryl methyl sites for hydroxylation is 1. The van der Waals surface area contributed by atoms with Crippen LogP contribution >= 0.6 is 22.7 Å². The lowest BCUT2D eigenvalue weighted by atomic mass is 10.3. The Morgan fingerprint density at radius 3 is 2.60 bits per heavy atom. The number of halogens is 4. The lowest BCUT2D eigenvalue weighted by Crippen LogP contribution is -2.06. The molecular formula is C16H9F4N3S2. The number of hydrogen-bond donors (Lipinski definition) is 0. The molecule has 1 aromatic carbocycles. The van der Waals surface area contributed by atoms with E-state index in [1.165, 1.54) is 22.1 Å². The first kappa shape index (κ1) is 16.2. The molecule has 9 heteroatoms. The second-order valence-electron chi connectivity index (χ2n) is 5.39. The molecule has 3 aromatic heterocycles. The van der Waals surface area contributed by atoms with E-state index in [1.807, 2.05) is 12.3 Å². The van der Waals surface area contributed by atoms with Crippen molar-refractivity contribution < 1.29 is 17.6 Å². The molecule has 0 atom stereocenters. The van der Waals surface area contributed by atoms with E-state index in [0.717, 1.165) is 23.0 Å². The molecule has 25 heavy (non-hydrogen) atoms. The zero-order chi connectivity index (χ0) is 17.8. The highest BCUT2D eigenvalue weighted by Crippen LogP contribution is 2.37. The highest BCUT2D eigenvalue weighted by molar-refractivity contribution is 7.21. The van der Waals surface area contributed by atoms with Crippen LogP contribution in [0.2, 0.25) is 0 Å². The van der Waals surface area contributed by atoms with Crippen molar-refractivity contribution >= 4 is 32.9 Å². The van der Waals surface area contributed by atoms with Crippen LogP contribution in [0.15, 0.2) is 35.7 Å². The summed E-state index contributed by atoms with van der Waals surface area (Å²) < 4.78 is 55.1. The number of thiazole rings is 1. The minimum absolute atomic E-state index is 0.145. The summed E-state index contributed by atoms with van der Waals surface area (Å²) in [6.07, 6.45) is -4.58. The number of nitrogens with zero attached hydrogens (tertiary/aromatic N) is 3. The van der Waals surface area contributed by atoms with Crippen LogP contribution in [0.25, 0.3) is 25.9 Å². The molecule has 0 fully saturated rings. The zero-order valence-corrected chi connectivity index (χ0v) is 14.3. The van der Waals surface area contributed by atoms with Gasteiger partial charge in [0.05, 0.1) is 4.70 Å². The van der Waals surface area contributed by atoms with Crippen LogP contribution in [0.3, 0.4) is 0 Å². The molecule has 3 heterocycles. The highest BCUT2D eigenvalue weighted by atomic mass is 32.1. The average molecular weight is 383 g/mol. The summed E-state index contributed by atoms with van der Waals surface area (Å²) in [5, 5.41) is 6.36. The topological polar surface area (TPSA) is 30.7 Å². The van der Waals surface area contributed by atoms with E-state index in [2.05, 4.69) is 10.1 Å². The normalized spacial score (nSPS) is 12.2. The maximum atomic E-state index is 13.9. The van der Waals surface area contributed by atoms with Crippen molar-refractivity contribution in [3.63, 3.8) is 0 Å². The van der Waals surface area contributed by atoms with Crippen molar-refractivity contribution in [2.75, 3.05) is 0 Å². The van der Waals surface area contributed by atoms with Gasteiger partial charge in [0.1, 0.15) is 27.0 Å². The van der Waals surface area contributed by atoms with Crippen molar-refractivity contribution in [2.24, 2.45) is 0 Å². The van der Waals surface area contributed by atoms with Crippen molar-refractivity contribution in [3.05, 3.63) is 52.8 Å². The third-order valence-electron chi connectivity index (χ3n) is 3.51. The fraction of sp³-hybridized carbons (Fsp3) is 0.125. The predicted molar refractivity (Wildman–Crippen MR) is 89.8 cm³/mol. The number of hydrogen-bond acceptors (Lipinski definition) is 4. The van der Waals surface area contributed by atoms with Gasteiger partial charge in [-0.3, -0.25) is 0 Å². The standard InChI is InChI=1S/C16H9F4N3S2/c1-8-5-13(24-7-8)23-10(6-12(22-23)16(18,19)20)15-21-14-9(17)3-2-4-11(14)25-15/h2-7H,1H3. The van der Waals surface area contributed by atoms with E-state index in [4.69, 9.17) is 0 Å². The van der Waals surface area contributed by atoms with E-state index in [0.29, 0.717) is 9.70 Å². The van der Waals surface area contributed by atoms with Gasteiger partial charge in [-0.25, -0.2) is 14.1 Å². The fourth-order valence-electron chi connectivity index (χ4n) is 2.39. The molecule has 0 bridgehead atoms. The SMILES string of the molecule is Cc1csc(-n2nc(C(F)(F)F)cc2-c2nc3c(F)cccc3s2)c1. The molecule has 0 aliphatic rings. The lowest BCUT2D eigenvalue weighted by molar-refractivity contribution is -0.141. The molecule has 0 N–H and O–H groups in total. The van der Waals surface area contributed by atoms with Gasteiger partial charge < -0.3 is 0 Å². The van der Waals surface area contributed by atoms with Crippen LogP contribution in [0, 0.1) is 12.7 Å². The van der Waals surface area contributed by atoms with Gasteiger partial charge in [-0.2, -0.15) is 18.3 Å². The molecular weight excluding hydrogens is 374 g/mol. The first-order valence-corrected chi connectivity index (χ1v) is 8.81. The quantitative estimate of drug-likeness (QED) is 0.417. The van der Waals surface area contributed by atoms with Gasteiger partial charge in [0.25, 0.3) is 0 Å². The summed E-state index contributed by atoms with van der Waals surface area (Å²) >= 11 is 2.41. The first-order valence-electron chi connectivity index (χ1n) is 7.11. The van der Waals surface area contributed by atoms with Gasteiger partial charge in [0.15, 0.2) is 5.69 Å². The summed E-state index contributed by atoms with van der Waals surface area (Å²) in [4.78, 5) is 4.19. The number of thiophene rings is 1. The van der Waals surface area contributed by atoms with E-state index in [1.54, 1.807) is 18.2 Å². The molecule has 4 rings (SSSR count). The number of benzene rings is 1. The molecule has 0 radical (unpaired) electrons. The van der Waals surface area contributed by atoms with Crippen LogP contribution in [0.4, 0.5) is 17.6 Å². The Kier molecular flexibility index (Phi) is 3.66. The van der Waals surface area contributed by atoms with Crippen molar-refractivity contribution in [2.45, 2.75) is 13.1 Å². The zero-order valence-electron chi connectivity index (χ0n) is 12.6. The van der Waals surface area contributed by atoms with Gasteiger partial charge in [-0.1, -0.05) is 6.07 Å². The van der Waals surface area contributed by atoms with E-state index in [-0.39, 0.29) is 16.2 Å². The average Bonchev–Trinajstić information content (AvgIpc) is 3.22. The molecule has 4 aromatic rings. The largest absolute Gasteiger partial charge is 0.435 e. The Morgan fingerprint density at radius 1 is 1.16 bits per heavy atom. The lowest BCUT2D eigenvalue weighted by Gasteiger charge is -2.02. The van der Waals surface area contributed by atoms with Crippen LogP contribution in [-0.2, 0) is 6.18 Å². The molecule has 0 aliphatic carbocycles. The van der Waals surface area contributed by atoms with Gasteiger partial charge >= 0.3 is 6.18 Å². The summed E-state index contributed by atoms with van der Waals surface area (Å²) in [5.74, 6) is -0.505. The van der Waals surface area contributed by atoms with E-state index < -0.39 is 17.7 Å². The number of rotatable bonds is 2. The van der Waals surface area contributed by atoms with E-state index >= 15 is 0 Å². The second-order valence-corrected chi connectivity index (χ2v) is 7.31. The third kappa shape index (κ3) is 2.83. The van der Waals surface area contributed by atoms with E-state index in [9.17, 15) is 17.6 Å². The smallest absolute Gasteiger partial charge is 0.231 e. The Hall–Kier alpha value is -2.26. The molecule has 0 amide bonds. The molecule has 0 aliphatic heterocycles. The summed E-state index contributed by atoms with van der Waals surface area (Å²) in [7, 11) is 0. The molecule has 3 nitrogen and oxygen atoms in total. The number of alkyl halides is 3. The maximum Gasteiger partial charge on any atom is 0.435 e. The highest BCUT2D eigenvalue weighted by Gasteiger charge is 2.36. The Bertz CT molecular complexity index is 1070. The van der Waals surface area contributed by atoms with Gasteiger partial charge in [0.2, 0.25) is 0 Å². The number of fused-ring (bicyclic) bond motifs is 1. The van der Waals surface area contributed by atoms with Gasteiger partial charge in [-0.15, -0.1) is 22.7 Å². The summed E-state index contributed by atoms with van der Waals surface area (Å²) in [6.45, 7) is 1.85. The van der Waals surface area contributed by atoms with Crippen LogP contribution in [0.5, 0.6) is 0 Å². The molecule has 0 saturated carbocycles. The minimum atomic E-state index is -4.58. The number of para-hydroxylation sites is 1. The second kappa shape index (κ2) is 5.63. The Morgan fingerprint density at radius 2 is 1.96 bits per heavy atom. The summed E-state index contributed by atoms with van der Waals surface area (Å²) in [6, 6.07) is 7.19. The monoisotopic (exact) mass is 383 g/mol. The van der Waals surface area contributed by atoms with Gasteiger partial charge in [0, 0.05) is 0 Å². The van der Waals surface area contributed by atoms with Crippen LogP contribution in [-0.4, -0.2) is 14.8 Å². The number of aromatic nitrogens is 3. The van der Waals surface area contributed by atoms with Crippen molar-refractivity contribution in [1.29, 1.82) is 0 Å². The van der Waals surface area contributed by atoms with Crippen LogP contribution < -0.4 is 0 Å². The molecule has 0 saturated heterocycles. The molecule has 0 spiro atoms. The predicted octanol–water partition coefficient (Wildman–Crippen LogP) is 5.68. The van der Waals surface area contributed by atoms with Gasteiger partial charge in [-0.05, 0) is 42.1 Å². The van der Waals surface area contributed by atoms with Crippen LogP contribution in [0.1, 0.15) is 11.3 Å². The minimum Gasteiger partial charge on any atom is -0.231 e.